The van der Waals surface area contributed by atoms with Crippen LogP contribution in [0.2, 0.25) is 0 Å². The van der Waals surface area contributed by atoms with E-state index in [1.165, 1.54) is 5.69 Å². The van der Waals surface area contributed by atoms with Gasteiger partial charge in [-0.2, -0.15) is 0 Å². The average molecular weight is 229 g/mol. The Balaban J connectivity index is 3.03. The van der Waals surface area contributed by atoms with Gasteiger partial charge in [0, 0.05) is 25.1 Å². The molecule has 0 saturated heterocycles. The largest absolute Gasteiger partial charge is 0.377 e. The van der Waals surface area contributed by atoms with E-state index < -0.39 is 0 Å². The number of nitrogens with two attached hydrogens (primary N) is 1. The van der Waals surface area contributed by atoms with Crippen LogP contribution in [0, 0.1) is 0 Å². The van der Waals surface area contributed by atoms with Gasteiger partial charge in [-0.1, -0.05) is 6.07 Å². The third-order valence-electron chi connectivity index (χ3n) is 1.73. The molecular weight excluding hydrogens is 216 g/mol. The zero-order valence-corrected chi connectivity index (χ0v) is 8.93. The molecule has 0 fully saturated rings. The summed E-state index contributed by atoms with van der Waals surface area (Å²) in [5.74, 6) is 0. The molecule has 66 valence electrons. The molecule has 0 aliphatic heterocycles. The zero-order valence-electron chi connectivity index (χ0n) is 7.34. The van der Waals surface area contributed by atoms with Crippen LogP contribution in [0.15, 0.2) is 22.7 Å². The summed E-state index contributed by atoms with van der Waals surface area (Å²) in [5.41, 5.74) is 7.83. The van der Waals surface area contributed by atoms with Crippen molar-refractivity contribution in [1.82, 2.24) is 0 Å². The summed E-state index contributed by atoms with van der Waals surface area (Å²) in [6.07, 6.45) is 0. The molecule has 1 aromatic rings. The fraction of sp³-hybridized carbons (Fsp3) is 0.333. The molecule has 0 spiro atoms. The molecule has 0 heterocycles. The molecule has 1 rings (SSSR count). The van der Waals surface area contributed by atoms with E-state index >= 15 is 0 Å². The third kappa shape index (κ3) is 1.99. The van der Waals surface area contributed by atoms with Crippen LogP contribution in [-0.2, 0) is 6.54 Å². The zero-order chi connectivity index (χ0) is 9.14. The second kappa shape index (κ2) is 3.92. The van der Waals surface area contributed by atoms with Crippen LogP contribution in [0.1, 0.15) is 5.56 Å². The lowest BCUT2D eigenvalue weighted by Gasteiger charge is -2.14. The molecule has 0 unspecified atom stereocenters. The molecule has 0 amide bonds. The van der Waals surface area contributed by atoms with E-state index in [4.69, 9.17) is 5.73 Å². The first-order valence-electron chi connectivity index (χ1n) is 3.81. The summed E-state index contributed by atoms with van der Waals surface area (Å²) in [5, 5.41) is 0. The Labute approximate surface area is 81.5 Å². The van der Waals surface area contributed by atoms with Crippen molar-refractivity contribution in [3.63, 3.8) is 0 Å². The third-order valence-corrected chi connectivity index (χ3v) is 2.36. The second-order valence-corrected chi connectivity index (χ2v) is 3.74. The van der Waals surface area contributed by atoms with Gasteiger partial charge in [0.2, 0.25) is 0 Å². The molecule has 0 saturated carbocycles. The molecule has 0 atom stereocenters. The molecule has 0 aliphatic rings. The molecule has 3 heteroatoms. The number of nitrogens with zero attached hydrogens (tertiary/aromatic N) is 1. The summed E-state index contributed by atoms with van der Waals surface area (Å²) in [6.45, 7) is 0.590. The molecular formula is C9H13BrN2. The number of rotatable bonds is 2. The van der Waals surface area contributed by atoms with Crippen molar-refractivity contribution >= 4 is 21.6 Å². The van der Waals surface area contributed by atoms with Crippen LogP contribution in [-0.4, -0.2) is 14.1 Å². The Morgan fingerprint density at radius 3 is 2.50 bits per heavy atom. The van der Waals surface area contributed by atoms with Crippen molar-refractivity contribution in [3.8, 4) is 0 Å². The van der Waals surface area contributed by atoms with Crippen molar-refractivity contribution in [3.05, 3.63) is 28.2 Å². The molecule has 12 heavy (non-hydrogen) atoms. The van der Waals surface area contributed by atoms with Crippen molar-refractivity contribution in [2.24, 2.45) is 5.73 Å². The van der Waals surface area contributed by atoms with E-state index in [0.29, 0.717) is 6.54 Å². The lowest BCUT2D eigenvalue weighted by Crippen LogP contribution is -2.09. The maximum atomic E-state index is 5.51. The molecule has 2 N–H and O–H groups in total. The molecule has 2 nitrogen and oxygen atoms in total. The topological polar surface area (TPSA) is 29.3 Å². The number of halogens is 1. The average Bonchev–Trinajstić information content (AvgIpc) is 2.03. The minimum Gasteiger partial charge on any atom is -0.377 e. The second-order valence-electron chi connectivity index (χ2n) is 2.88. The predicted octanol–water partition coefficient (Wildman–Crippen LogP) is 1.97. The van der Waals surface area contributed by atoms with Crippen molar-refractivity contribution < 1.29 is 0 Å². The number of benzene rings is 1. The first-order chi connectivity index (χ1) is 5.65. The van der Waals surface area contributed by atoms with Crippen LogP contribution in [0.5, 0.6) is 0 Å². The van der Waals surface area contributed by atoms with Gasteiger partial charge in [0.1, 0.15) is 0 Å². The Hall–Kier alpha value is -0.540. The van der Waals surface area contributed by atoms with Gasteiger partial charge in [-0.3, -0.25) is 0 Å². The Kier molecular flexibility index (Phi) is 3.12. The summed E-state index contributed by atoms with van der Waals surface area (Å²) < 4.78 is 1.09. The van der Waals surface area contributed by atoms with Crippen LogP contribution < -0.4 is 10.6 Å². The van der Waals surface area contributed by atoms with E-state index in [2.05, 4.69) is 33.0 Å². The number of anilines is 1. The Morgan fingerprint density at radius 2 is 2.08 bits per heavy atom. The fourth-order valence-electron chi connectivity index (χ4n) is 1.04. The summed E-state index contributed by atoms with van der Waals surface area (Å²) in [4.78, 5) is 2.06. The predicted molar refractivity (Wildman–Crippen MR) is 56.4 cm³/mol. The monoisotopic (exact) mass is 228 g/mol. The van der Waals surface area contributed by atoms with Gasteiger partial charge in [-0.05, 0) is 33.6 Å². The van der Waals surface area contributed by atoms with Gasteiger partial charge < -0.3 is 10.6 Å². The number of hydrogen-bond acceptors (Lipinski definition) is 2. The van der Waals surface area contributed by atoms with Crippen molar-refractivity contribution in [2.45, 2.75) is 6.54 Å². The summed E-state index contributed by atoms with van der Waals surface area (Å²) >= 11 is 3.49. The lowest BCUT2D eigenvalue weighted by molar-refractivity contribution is 1.06. The quantitative estimate of drug-likeness (QED) is 0.840. The highest BCUT2D eigenvalue weighted by atomic mass is 79.9. The Bertz CT molecular complexity index is 271. The minimum absolute atomic E-state index is 0.590. The summed E-state index contributed by atoms with van der Waals surface area (Å²) in [6, 6.07) is 6.15. The van der Waals surface area contributed by atoms with Gasteiger partial charge in [0.25, 0.3) is 0 Å². The molecule has 1 aromatic carbocycles. The van der Waals surface area contributed by atoms with E-state index in [1.54, 1.807) is 0 Å². The van der Waals surface area contributed by atoms with Gasteiger partial charge in [-0.25, -0.2) is 0 Å². The maximum Gasteiger partial charge on any atom is 0.0505 e. The Morgan fingerprint density at radius 1 is 1.42 bits per heavy atom. The van der Waals surface area contributed by atoms with E-state index in [-0.39, 0.29) is 0 Å². The van der Waals surface area contributed by atoms with Gasteiger partial charge in [0.05, 0.1) is 5.69 Å². The van der Waals surface area contributed by atoms with Crippen LogP contribution in [0.4, 0.5) is 5.69 Å². The van der Waals surface area contributed by atoms with E-state index in [0.717, 1.165) is 10.0 Å². The van der Waals surface area contributed by atoms with Crippen molar-refractivity contribution in [1.29, 1.82) is 0 Å². The molecule has 0 radical (unpaired) electrons. The smallest absolute Gasteiger partial charge is 0.0505 e. The highest BCUT2D eigenvalue weighted by Crippen LogP contribution is 2.25. The van der Waals surface area contributed by atoms with Crippen molar-refractivity contribution in [2.75, 3.05) is 19.0 Å². The first kappa shape index (κ1) is 9.55. The minimum atomic E-state index is 0.590. The van der Waals surface area contributed by atoms with Gasteiger partial charge in [-0.15, -0.1) is 0 Å². The fourth-order valence-corrected chi connectivity index (χ4v) is 1.82. The molecule has 0 aliphatic carbocycles. The molecule has 0 bridgehead atoms. The van der Waals surface area contributed by atoms with E-state index in [9.17, 15) is 0 Å². The van der Waals surface area contributed by atoms with Gasteiger partial charge >= 0.3 is 0 Å². The standard InChI is InChI=1S/C9H13BrN2/c1-12(2)9-4-3-7(6-11)5-8(9)10/h3-5H,6,11H2,1-2H3. The highest BCUT2D eigenvalue weighted by molar-refractivity contribution is 9.10. The van der Waals surface area contributed by atoms with Gasteiger partial charge in [0.15, 0.2) is 0 Å². The number of hydrogen-bond donors (Lipinski definition) is 1. The van der Waals surface area contributed by atoms with Crippen LogP contribution >= 0.6 is 15.9 Å². The SMILES string of the molecule is CN(C)c1ccc(CN)cc1Br. The van der Waals surface area contributed by atoms with Crippen LogP contribution in [0.25, 0.3) is 0 Å². The lowest BCUT2D eigenvalue weighted by atomic mass is 10.2. The first-order valence-corrected chi connectivity index (χ1v) is 4.60. The van der Waals surface area contributed by atoms with E-state index in [1.807, 2.05) is 20.2 Å². The summed E-state index contributed by atoms with van der Waals surface area (Å²) in [7, 11) is 4.03. The highest BCUT2D eigenvalue weighted by Gasteiger charge is 2.01. The maximum absolute atomic E-state index is 5.51. The normalized spacial score (nSPS) is 10.0. The molecule has 0 aromatic heterocycles. The van der Waals surface area contributed by atoms with Crippen LogP contribution in [0.3, 0.4) is 0 Å².